The Balaban J connectivity index is 1.45. The van der Waals surface area contributed by atoms with E-state index < -0.39 is 0 Å². The Hall–Kier alpha value is -3.09. The van der Waals surface area contributed by atoms with E-state index in [1.807, 2.05) is 29.2 Å². The van der Waals surface area contributed by atoms with E-state index in [1.165, 1.54) is 0 Å². The summed E-state index contributed by atoms with van der Waals surface area (Å²) in [5.41, 5.74) is 1.45. The van der Waals surface area contributed by atoms with Crippen LogP contribution >= 0.6 is 0 Å². The summed E-state index contributed by atoms with van der Waals surface area (Å²) in [6.45, 7) is 2.33. The second-order valence-corrected chi connectivity index (χ2v) is 6.18. The van der Waals surface area contributed by atoms with Crippen molar-refractivity contribution in [2.45, 2.75) is 19.3 Å². The zero-order valence-corrected chi connectivity index (χ0v) is 14.4. The molecule has 1 fully saturated rings. The van der Waals surface area contributed by atoms with Gasteiger partial charge in [0.2, 0.25) is 11.9 Å². The van der Waals surface area contributed by atoms with E-state index in [4.69, 9.17) is 8.83 Å². The second-order valence-electron chi connectivity index (χ2n) is 6.18. The van der Waals surface area contributed by atoms with Crippen molar-refractivity contribution in [2.75, 3.05) is 25.0 Å². The summed E-state index contributed by atoms with van der Waals surface area (Å²) in [5, 5.41) is 3.23. The van der Waals surface area contributed by atoms with Crippen LogP contribution < -0.4 is 5.32 Å². The molecule has 1 amide bonds. The minimum absolute atomic E-state index is 0.254. The normalized spacial score (nSPS) is 14.2. The van der Waals surface area contributed by atoms with Crippen LogP contribution in [-0.4, -0.2) is 40.4 Å². The van der Waals surface area contributed by atoms with Gasteiger partial charge in [0.15, 0.2) is 5.76 Å². The van der Waals surface area contributed by atoms with Gasteiger partial charge in [-0.15, -0.1) is 0 Å². The molecule has 0 aliphatic carbocycles. The SMILES string of the molecule is O=C1CCCN1CCCNc1ncc(-c2ccco2)c(-c2ccco2)n1. The van der Waals surface area contributed by atoms with Crippen LogP contribution in [0.5, 0.6) is 0 Å². The molecule has 1 N–H and O–H groups in total. The lowest BCUT2D eigenvalue weighted by atomic mass is 10.1. The molecular formula is C19H20N4O3. The molecule has 0 bridgehead atoms. The lowest BCUT2D eigenvalue weighted by molar-refractivity contribution is -0.127. The third-order valence-corrected chi connectivity index (χ3v) is 4.39. The fourth-order valence-corrected chi connectivity index (χ4v) is 3.09. The first-order valence-electron chi connectivity index (χ1n) is 8.78. The minimum Gasteiger partial charge on any atom is -0.464 e. The van der Waals surface area contributed by atoms with Crippen LogP contribution in [0, 0.1) is 0 Å². The Labute approximate surface area is 151 Å². The van der Waals surface area contributed by atoms with Gasteiger partial charge in [-0.2, -0.15) is 0 Å². The maximum Gasteiger partial charge on any atom is 0.223 e. The highest BCUT2D eigenvalue weighted by molar-refractivity contribution is 5.78. The molecular weight excluding hydrogens is 332 g/mol. The zero-order chi connectivity index (χ0) is 17.8. The van der Waals surface area contributed by atoms with Gasteiger partial charge >= 0.3 is 0 Å². The molecule has 0 saturated carbocycles. The summed E-state index contributed by atoms with van der Waals surface area (Å²) in [7, 11) is 0. The molecule has 26 heavy (non-hydrogen) atoms. The van der Waals surface area contributed by atoms with Crippen molar-refractivity contribution in [3.63, 3.8) is 0 Å². The number of rotatable bonds is 7. The van der Waals surface area contributed by atoms with Gasteiger partial charge in [-0.05, 0) is 37.1 Å². The maximum atomic E-state index is 11.6. The van der Waals surface area contributed by atoms with Crippen LogP contribution in [0.25, 0.3) is 22.8 Å². The highest BCUT2D eigenvalue weighted by Crippen LogP contribution is 2.31. The number of carbonyl (C=O) groups is 1. The topological polar surface area (TPSA) is 84.4 Å². The average molecular weight is 352 g/mol. The molecule has 3 aromatic heterocycles. The molecule has 7 nitrogen and oxygen atoms in total. The van der Waals surface area contributed by atoms with Gasteiger partial charge in [-0.1, -0.05) is 0 Å². The van der Waals surface area contributed by atoms with Gasteiger partial charge in [0.25, 0.3) is 0 Å². The monoisotopic (exact) mass is 352 g/mol. The van der Waals surface area contributed by atoms with Crippen LogP contribution in [0.1, 0.15) is 19.3 Å². The molecule has 7 heteroatoms. The predicted octanol–water partition coefficient (Wildman–Crippen LogP) is 3.42. The summed E-state index contributed by atoms with van der Waals surface area (Å²) in [4.78, 5) is 22.5. The van der Waals surface area contributed by atoms with E-state index in [0.717, 1.165) is 31.5 Å². The summed E-state index contributed by atoms with van der Waals surface area (Å²) in [6.07, 6.45) is 7.46. The fourth-order valence-electron chi connectivity index (χ4n) is 3.09. The van der Waals surface area contributed by atoms with Gasteiger partial charge in [-0.25, -0.2) is 9.97 Å². The van der Waals surface area contributed by atoms with Crippen molar-refractivity contribution < 1.29 is 13.6 Å². The molecule has 1 aliphatic rings. The van der Waals surface area contributed by atoms with E-state index in [-0.39, 0.29) is 5.91 Å². The maximum absolute atomic E-state index is 11.6. The van der Waals surface area contributed by atoms with Crippen LogP contribution in [0.3, 0.4) is 0 Å². The molecule has 1 saturated heterocycles. The number of hydrogen-bond acceptors (Lipinski definition) is 6. The van der Waals surface area contributed by atoms with Gasteiger partial charge < -0.3 is 19.1 Å². The number of furan rings is 2. The third-order valence-electron chi connectivity index (χ3n) is 4.39. The molecule has 134 valence electrons. The van der Waals surface area contributed by atoms with E-state index >= 15 is 0 Å². The standard InChI is InChI=1S/C19H20N4O3/c24-17-7-1-9-23(17)10-4-8-20-19-21-13-14(15-5-2-11-25-15)18(22-19)16-6-3-12-26-16/h2-3,5-6,11-13H,1,4,7-10H2,(H,20,21,22). The molecule has 0 radical (unpaired) electrons. The molecule has 0 unspecified atom stereocenters. The second kappa shape index (κ2) is 7.43. The Morgan fingerprint density at radius 3 is 2.65 bits per heavy atom. The number of amides is 1. The smallest absolute Gasteiger partial charge is 0.223 e. The van der Waals surface area contributed by atoms with Crippen LogP contribution in [-0.2, 0) is 4.79 Å². The fraction of sp³-hybridized carbons (Fsp3) is 0.316. The summed E-state index contributed by atoms with van der Waals surface area (Å²) in [6, 6.07) is 7.37. The lowest BCUT2D eigenvalue weighted by Gasteiger charge is -2.15. The number of carbonyl (C=O) groups excluding carboxylic acids is 1. The Kier molecular flexibility index (Phi) is 4.68. The largest absolute Gasteiger partial charge is 0.464 e. The first kappa shape index (κ1) is 16.4. The highest BCUT2D eigenvalue weighted by atomic mass is 16.3. The van der Waals surface area contributed by atoms with Crippen molar-refractivity contribution in [1.29, 1.82) is 0 Å². The Bertz CT molecular complexity index is 859. The molecule has 0 spiro atoms. The predicted molar refractivity (Wildman–Crippen MR) is 96.4 cm³/mol. The number of anilines is 1. The number of aromatic nitrogens is 2. The number of hydrogen-bond donors (Lipinski definition) is 1. The summed E-state index contributed by atoms with van der Waals surface area (Å²) in [5.74, 6) is 2.13. The number of nitrogens with one attached hydrogen (secondary N) is 1. The van der Waals surface area contributed by atoms with E-state index in [1.54, 1.807) is 18.7 Å². The third kappa shape index (κ3) is 3.46. The van der Waals surface area contributed by atoms with Gasteiger partial charge in [0.05, 0.1) is 18.1 Å². The van der Waals surface area contributed by atoms with Crippen LogP contribution in [0.4, 0.5) is 5.95 Å². The van der Waals surface area contributed by atoms with Crippen molar-refractivity contribution in [2.24, 2.45) is 0 Å². The Morgan fingerprint density at radius 2 is 1.96 bits per heavy atom. The number of likely N-dealkylation sites (tertiary alicyclic amines) is 1. The first-order chi connectivity index (χ1) is 12.8. The average Bonchev–Trinajstić information content (AvgIpc) is 3.41. The van der Waals surface area contributed by atoms with E-state index in [0.29, 0.717) is 36.1 Å². The Morgan fingerprint density at radius 1 is 1.15 bits per heavy atom. The summed E-state index contributed by atoms with van der Waals surface area (Å²) >= 11 is 0. The van der Waals surface area contributed by atoms with Gasteiger partial charge in [0, 0.05) is 32.3 Å². The lowest BCUT2D eigenvalue weighted by Crippen LogP contribution is -2.27. The van der Waals surface area contributed by atoms with Gasteiger partial charge in [0.1, 0.15) is 11.5 Å². The molecule has 0 aromatic carbocycles. The van der Waals surface area contributed by atoms with Crippen LogP contribution in [0.15, 0.2) is 51.8 Å². The number of nitrogens with zero attached hydrogens (tertiary/aromatic N) is 3. The van der Waals surface area contributed by atoms with Crippen molar-refractivity contribution >= 4 is 11.9 Å². The molecule has 4 rings (SSSR count). The molecule has 3 aromatic rings. The molecule has 0 atom stereocenters. The quantitative estimate of drug-likeness (QED) is 0.656. The van der Waals surface area contributed by atoms with Crippen molar-refractivity contribution in [1.82, 2.24) is 14.9 Å². The first-order valence-corrected chi connectivity index (χ1v) is 8.78. The van der Waals surface area contributed by atoms with Crippen molar-refractivity contribution in [3.8, 4) is 22.8 Å². The van der Waals surface area contributed by atoms with Crippen molar-refractivity contribution in [3.05, 3.63) is 43.0 Å². The zero-order valence-electron chi connectivity index (χ0n) is 14.4. The minimum atomic E-state index is 0.254. The van der Waals surface area contributed by atoms with E-state index in [9.17, 15) is 4.79 Å². The van der Waals surface area contributed by atoms with E-state index in [2.05, 4.69) is 15.3 Å². The molecule has 4 heterocycles. The molecule has 1 aliphatic heterocycles. The van der Waals surface area contributed by atoms with Gasteiger partial charge in [-0.3, -0.25) is 4.79 Å². The summed E-state index contributed by atoms with van der Waals surface area (Å²) < 4.78 is 11.0. The van der Waals surface area contributed by atoms with Crippen LogP contribution in [0.2, 0.25) is 0 Å². The highest BCUT2D eigenvalue weighted by Gasteiger charge is 2.19.